The molecule has 1 heterocycles. The highest BCUT2D eigenvalue weighted by molar-refractivity contribution is 5.89. The van der Waals surface area contributed by atoms with Crippen molar-refractivity contribution in [1.29, 1.82) is 0 Å². The van der Waals surface area contributed by atoms with Gasteiger partial charge in [0.25, 0.3) is 0 Å². The number of likely N-dealkylation sites (tertiary alicyclic amines) is 1. The zero-order chi connectivity index (χ0) is 16.9. The number of piperidine rings is 1. The first kappa shape index (κ1) is 18.9. The average Bonchev–Trinajstić information content (AvgIpc) is 2.46. The van der Waals surface area contributed by atoms with Crippen LogP contribution in [0.3, 0.4) is 0 Å². The van der Waals surface area contributed by atoms with Crippen LogP contribution < -0.4 is 10.6 Å². The standard InChI is InChI=1S/C17H33N3O2/c1-7-17(5,6)19-13(3)15(21)18-14(4)16(22)20-11-9-8-10-12(20)2/h12-14,19H,7-11H2,1-6H3,(H,18,21)/t12-,13-,14-/m1/s1. The van der Waals surface area contributed by atoms with Crippen molar-refractivity contribution in [3.05, 3.63) is 0 Å². The Morgan fingerprint density at radius 1 is 1.23 bits per heavy atom. The van der Waals surface area contributed by atoms with E-state index in [0.29, 0.717) is 0 Å². The molecule has 0 aromatic heterocycles. The second kappa shape index (κ2) is 7.95. The van der Waals surface area contributed by atoms with E-state index in [2.05, 4.69) is 38.3 Å². The van der Waals surface area contributed by atoms with E-state index in [9.17, 15) is 9.59 Å². The molecule has 5 heteroatoms. The summed E-state index contributed by atoms with van der Waals surface area (Å²) in [6.45, 7) is 12.7. The molecule has 0 bridgehead atoms. The first-order valence-electron chi connectivity index (χ1n) is 8.56. The Hall–Kier alpha value is -1.10. The van der Waals surface area contributed by atoms with E-state index in [-0.39, 0.29) is 29.4 Å². The molecule has 0 aromatic carbocycles. The van der Waals surface area contributed by atoms with Crippen molar-refractivity contribution in [2.75, 3.05) is 6.54 Å². The van der Waals surface area contributed by atoms with Crippen LogP contribution in [0, 0.1) is 0 Å². The molecule has 1 fully saturated rings. The van der Waals surface area contributed by atoms with Crippen LogP contribution in [-0.2, 0) is 9.59 Å². The van der Waals surface area contributed by atoms with E-state index >= 15 is 0 Å². The molecule has 1 rings (SSSR count). The second-order valence-corrected chi connectivity index (χ2v) is 7.21. The molecule has 0 aliphatic carbocycles. The van der Waals surface area contributed by atoms with Crippen LogP contribution in [0.5, 0.6) is 0 Å². The summed E-state index contributed by atoms with van der Waals surface area (Å²) in [5.74, 6) is -0.0884. The fraction of sp³-hybridized carbons (Fsp3) is 0.882. The number of nitrogens with one attached hydrogen (secondary N) is 2. The summed E-state index contributed by atoms with van der Waals surface area (Å²) in [7, 11) is 0. The van der Waals surface area contributed by atoms with Gasteiger partial charge in [0.2, 0.25) is 11.8 Å². The number of nitrogens with zero attached hydrogens (tertiary/aromatic N) is 1. The Kier molecular flexibility index (Phi) is 6.85. The molecule has 0 radical (unpaired) electrons. The van der Waals surface area contributed by atoms with Gasteiger partial charge in [-0.25, -0.2) is 0 Å². The van der Waals surface area contributed by atoms with E-state index in [1.807, 2.05) is 11.8 Å². The van der Waals surface area contributed by atoms with E-state index in [4.69, 9.17) is 0 Å². The van der Waals surface area contributed by atoms with E-state index < -0.39 is 6.04 Å². The Labute approximate surface area is 135 Å². The summed E-state index contributed by atoms with van der Waals surface area (Å²) in [6, 6.07) is -0.513. The van der Waals surface area contributed by atoms with Gasteiger partial charge in [-0.2, -0.15) is 0 Å². The van der Waals surface area contributed by atoms with Gasteiger partial charge in [0.05, 0.1) is 6.04 Å². The highest BCUT2D eigenvalue weighted by Gasteiger charge is 2.29. The minimum atomic E-state index is -0.470. The monoisotopic (exact) mass is 311 g/mol. The maximum atomic E-state index is 12.5. The zero-order valence-electron chi connectivity index (χ0n) is 15.0. The highest BCUT2D eigenvalue weighted by Crippen LogP contribution is 2.17. The van der Waals surface area contributed by atoms with Gasteiger partial charge in [0.15, 0.2) is 0 Å². The molecule has 3 atom stereocenters. The fourth-order valence-electron chi connectivity index (χ4n) is 2.83. The number of hydrogen-bond acceptors (Lipinski definition) is 3. The predicted octanol–water partition coefficient (Wildman–Crippen LogP) is 2.06. The number of hydrogen-bond donors (Lipinski definition) is 2. The van der Waals surface area contributed by atoms with Crippen LogP contribution in [0.4, 0.5) is 0 Å². The quantitative estimate of drug-likeness (QED) is 0.789. The van der Waals surface area contributed by atoms with Crippen LogP contribution in [0.15, 0.2) is 0 Å². The molecule has 1 aliphatic heterocycles. The van der Waals surface area contributed by atoms with Crippen molar-refractivity contribution in [3.63, 3.8) is 0 Å². The van der Waals surface area contributed by atoms with Crippen LogP contribution in [0.25, 0.3) is 0 Å². The lowest BCUT2D eigenvalue weighted by Gasteiger charge is -2.35. The third kappa shape index (κ3) is 5.27. The van der Waals surface area contributed by atoms with Crippen molar-refractivity contribution < 1.29 is 9.59 Å². The highest BCUT2D eigenvalue weighted by atomic mass is 16.2. The predicted molar refractivity (Wildman–Crippen MR) is 89.6 cm³/mol. The summed E-state index contributed by atoms with van der Waals surface area (Å²) in [6.07, 6.45) is 4.22. The maximum absolute atomic E-state index is 12.5. The Balaban J connectivity index is 2.54. The minimum absolute atomic E-state index is 0.0301. The Morgan fingerprint density at radius 3 is 2.41 bits per heavy atom. The van der Waals surface area contributed by atoms with Crippen molar-refractivity contribution in [2.45, 2.75) is 90.9 Å². The third-order valence-corrected chi connectivity index (χ3v) is 4.70. The third-order valence-electron chi connectivity index (χ3n) is 4.70. The van der Waals surface area contributed by atoms with Gasteiger partial charge in [-0.15, -0.1) is 0 Å². The molecule has 5 nitrogen and oxygen atoms in total. The second-order valence-electron chi connectivity index (χ2n) is 7.21. The molecule has 1 aliphatic rings. The molecular weight excluding hydrogens is 278 g/mol. The molecule has 2 amide bonds. The van der Waals surface area contributed by atoms with Crippen molar-refractivity contribution >= 4 is 11.8 Å². The van der Waals surface area contributed by atoms with Gasteiger partial charge in [-0.3, -0.25) is 9.59 Å². The van der Waals surface area contributed by atoms with Gasteiger partial charge < -0.3 is 15.5 Å². The van der Waals surface area contributed by atoms with E-state index in [1.54, 1.807) is 6.92 Å². The molecule has 22 heavy (non-hydrogen) atoms. The van der Waals surface area contributed by atoms with Crippen LogP contribution in [0.2, 0.25) is 0 Å². The number of rotatable bonds is 6. The minimum Gasteiger partial charge on any atom is -0.343 e. The molecular formula is C17H33N3O2. The number of amides is 2. The lowest BCUT2D eigenvalue weighted by Crippen LogP contribution is -2.56. The normalized spacial score (nSPS) is 22.1. The largest absolute Gasteiger partial charge is 0.343 e. The Bertz CT molecular complexity index is 395. The molecule has 128 valence electrons. The molecule has 0 saturated carbocycles. The van der Waals surface area contributed by atoms with Gasteiger partial charge in [-0.05, 0) is 60.3 Å². The van der Waals surface area contributed by atoms with Crippen molar-refractivity contribution in [3.8, 4) is 0 Å². The summed E-state index contributed by atoms with van der Waals surface area (Å²) < 4.78 is 0. The first-order chi connectivity index (χ1) is 10.2. The number of carbonyl (C=O) groups is 2. The Morgan fingerprint density at radius 2 is 1.86 bits per heavy atom. The van der Waals surface area contributed by atoms with Crippen molar-refractivity contribution in [2.24, 2.45) is 0 Å². The van der Waals surface area contributed by atoms with Crippen molar-refractivity contribution in [1.82, 2.24) is 15.5 Å². The van der Waals surface area contributed by atoms with Crippen LogP contribution in [-0.4, -0.2) is 46.9 Å². The maximum Gasteiger partial charge on any atom is 0.245 e. The molecule has 0 spiro atoms. The summed E-state index contributed by atoms with van der Waals surface area (Å²) in [4.78, 5) is 26.7. The summed E-state index contributed by atoms with van der Waals surface area (Å²) >= 11 is 0. The molecule has 0 unspecified atom stereocenters. The smallest absolute Gasteiger partial charge is 0.245 e. The van der Waals surface area contributed by atoms with Crippen LogP contribution >= 0.6 is 0 Å². The van der Waals surface area contributed by atoms with Gasteiger partial charge in [-0.1, -0.05) is 6.92 Å². The first-order valence-corrected chi connectivity index (χ1v) is 8.56. The summed E-state index contributed by atoms with van der Waals surface area (Å²) in [5.41, 5.74) is -0.0919. The zero-order valence-corrected chi connectivity index (χ0v) is 15.0. The topological polar surface area (TPSA) is 61.4 Å². The molecule has 2 N–H and O–H groups in total. The van der Waals surface area contributed by atoms with Gasteiger partial charge in [0, 0.05) is 18.1 Å². The van der Waals surface area contributed by atoms with Crippen LogP contribution in [0.1, 0.15) is 67.2 Å². The number of carbonyl (C=O) groups excluding carboxylic acids is 2. The summed E-state index contributed by atoms with van der Waals surface area (Å²) in [5, 5.41) is 6.15. The SMILES string of the molecule is CCC(C)(C)N[C@H](C)C(=O)N[C@H](C)C(=O)N1CCCC[C@H]1C. The average molecular weight is 311 g/mol. The van der Waals surface area contributed by atoms with E-state index in [1.165, 1.54) is 6.42 Å². The van der Waals surface area contributed by atoms with Gasteiger partial charge >= 0.3 is 0 Å². The lowest BCUT2D eigenvalue weighted by atomic mass is 10.0. The fourth-order valence-corrected chi connectivity index (χ4v) is 2.83. The molecule has 0 aromatic rings. The van der Waals surface area contributed by atoms with E-state index in [0.717, 1.165) is 25.8 Å². The lowest BCUT2D eigenvalue weighted by molar-refractivity contribution is -0.139. The molecule has 1 saturated heterocycles. The van der Waals surface area contributed by atoms with Gasteiger partial charge in [0.1, 0.15) is 6.04 Å².